The summed E-state index contributed by atoms with van der Waals surface area (Å²) >= 11 is 0. The van der Waals surface area contributed by atoms with E-state index in [-0.39, 0.29) is 75.5 Å². The molecule has 11 aliphatic rings. The van der Waals surface area contributed by atoms with Crippen LogP contribution in [0, 0.1) is 59.2 Å². The third kappa shape index (κ3) is 11.6. The molecular weight excluding hydrogens is 1070 g/mol. The van der Waals surface area contributed by atoms with Gasteiger partial charge in [0.25, 0.3) is 0 Å². The molecule has 17 N–H and O–H groups in total. The number of hydrogen-bond donors (Lipinski definition) is 16. The average Bonchev–Trinajstić information content (AvgIpc) is 3.63. The van der Waals surface area contributed by atoms with Gasteiger partial charge in [0.15, 0.2) is 18.5 Å². The van der Waals surface area contributed by atoms with Crippen molar-refractivity contribution >= 4 is 0 Å². The van der Waals surface area contributed by atoms with E-state index in [9.17, 15) is 81.7 Å². The standard InChI is InChI=1S/C57H92O24/c1-74-39-11-22(12-40(75-2)46(39)69)53-56(81-57-50(73)49(72)47(70)41(19-58)78-57)27-15-24(76-37-13-23(59)14-38(77-53)42(27)37)5-6-25-30(62)17-34(66)43-45(48(71)52(80-54(25)43)21-4-8-29(61)33(65)10-21)44-35(67)18-31(63)26-16-36(68)51(79-55(26)44)20-3-7-28(60)32(64)9-20/h5-6,20-73H,3-4,7-19H2,1-2H3/p+1. The van der Waals surface area contributed by atoms with Crippen LogP contribution in [-0.2, 0) is 33.2 Å². The molecule has 0 radical (unpaired) electrons. The Morgan fingerprint density at radius 3 is 1.69 bits per heavy atom. The molecule has 0 aromatic heterocycles. The van der Waals surface area contributed by atoms with Gasteiger partial charge in [-0.1, -0.05) is 12.2 Å². The normalized spacial score (nSPS) is 58.0. The second-order valence-electron chi connectivity index (χ2n) is 26.5. The molecule has 36 atom stereocenters. The highest BCUT2D eigenvalue weighted by molar-refractivity contribution is 5.16. The number of hydrogen-bond acceptors (Lipinski definition) is 23. The lowest BCUT2D eigenvalue weighted by atomic mass is 9.56. The van der Waals surface area contributed by atoms with Gasteiger partial charge in [0.05, 0.1) is 129 Å². The Kier molecular flexibility index (Phi) is 19.0. The van der Waals surface area contributed by atoms with Crippen LogP contribution in [0.4, 0.5) is 0 Å². The van der Waals surface area contributed by atoms with Crippen molar-refractivity contribution in [3.63, 3.8) is 0 Å². The molecular formula is C57H93O24+. The minimum Gasteiger partial charge on any atom is -0.427 e. The summed E-state index contributed by atoms with van der Waals surface area (Å²) < 4.78 is 50.5. The minimum atomic E-state index is -1.74. The quantitative estimate of drug-likeness (QED) is 0.0683. The van der Waals surface area contributed by atoms with Gasteiger partial charge in [-0.15, -0.1) is 0 Å². The summed E-state index contributed by atoms with van der Waals surface area (Å²) in [7, 11) is 3.00. The van der Waals surface area contributed by atoms with Gasteiger partial charge in [-0.25, -0.2) is 0 Å². The highest BCUT2D eigenvalue weighted by Crippen LogP contribution is 2.56. The van der Waals surface area contributed by atoms with Crippen LogP contribution in [0.2, 0.25) is 0 Å². The maximum atomic E-state index is 12.9. The summed E-state index contributed by atoms with van der Waals surface area (Å²) in [4.78, 5) is 0. The first-order chi connectivity index (χ1) is 38.7. The van der Waals surface area contributed by atoms with Crippen molar-refractivity contribution in [2.45, 2.75) is 261 Å². The van der Waals surface area contributed by atoms with E-state index in [1.165, 1.54) is 14.2 Å². The number of aliphatic hydroxyl groups excluding tert-OH is 16. The van der Waals surface area contributed by atoms with E-state index in [0.29, 0.717) is 32.1 Å². The molecule has 464 valence electrons. The number of fused-ring (bicyclic) bond motifs is 2. The van der Waals surface area contributed by atoms with Crippen molar-refractivity contribution in [2.24, 2.45) is 59.2 Å². The summed E-state index contributed by atoms with van der Waals surface area (Å²) in [6.07, 6.45) is -23.3. The van der Waals surface area contributed by atoms with Crippen LogP contribution in [0.1, 0.15) is 89.9 Å². The molecule has 0 aromatic rings. The van der Waals surface area contributed by atoms with E-state index in [0.717, 1.165) is 0 Å². The lowest BCUT2D eigenvalue weighted by Crippen LogP contribution is -2.69. The predicted molar refractivity (Wildman–Crippen MR) is 277 cm³/mol. The van der Waals surface area contributed by atoms with Crippen molar-refractivity contribution in [2.75, 3.05) is 20.8 Å². The first-order valence-corrected chi connectivity index (χ1v) is 30.2. The van der Waals surface area contributed by atoms with Crippen LogP contribution in [0.25, 0.3) is 0 Å². The maximum Gasteiger partial charge on any atom is 0.187 e. The highest BCUT2D eigenvalue weighted by Gasteiger charge is 2.65. The summed E-state index contributed by atoms with van der Waals surface area (Å²) in [5.41, 5.74) is 0. The van der Waals surface area contributed by atoms with Crippen molar-refractivity contribution in [1.29, 1.82) is 0 Å². The lowest BCUT2D eigenvalue weighted by Gasteiger charge is -2.60. The van der Waals surface area contributed by atoms with Gasteiger partial charge in [-0.05, 0) is 82.5 Å². The molecule has 5 heterocycles. The largest absolute Gasteiger partial charge is 0.427 e. The van der Waals surface area contributed by atoms with Crippen LogP contribution in [-0.4, -0.2) is 278 Å². The molecule has 5 aliphatic heterocycles. The highest BCUT2D eigenvalue weighted by atomic mass is 16.7. The molecule has 5 saturated heterocycles. The number of ether oxygens (including phenoxy) is 8. The minimum absolute atomic E-state index is 0.0588. The molecule has 81 heavy (non-hydrogen) atoms. The van der Waals surface area contributed by atoms with E-state index in [4.69, 9.17) is 37.9 Å². The molecule has 24 nitrogen and oxygen atoms in total. The van der Waals surface area contributed by atoms with Crippen molar-refractivity contribution in [3.8, 4) is 0 Å². The Bertz CT molecular complexity index is 2080. The van der Waals surface area contributed by atoms with Gasteiger partial charge in [0.2, 0.25) is 0 Å². The summed E-state index contributed by atoms with van der Waals surface area (Å²) in [6, 6.07) is 0. The van der Waals surface area contributed by atoms with E-state index < -0.39 is 219 Å². The Morgan fingerprint density at radius 1 is 0.444 bits per heavy atom. The molecule has 11 fully saturated rings. The third-order valence-corrected chi connectivity index (χ3v) is 22.0. The van der Waals surface area contributed by atoms with Crippen LogP contribution in [0.3, 0.4) is 0 Å². The predicted octanol–water partition coefficient (Wildman–Crippen LogP) is -4.63. The van der Waals surface area contributed by atoms with Crippen molar-refractivity contribution in [3.05, 3.63) is 12.2 Å². The van der Waals surface area contributed by atoms with E-state index in [2.05, 4.69) is 0 Å². The van der Waals surface area contributed by atoms with Gasteiger partial charge in [0, 0.05) is 74.9 Å². The molecule has 36 unspecified atom stereocenters. The second-order valence-corrected chi connectivity index (χ2v) is 26.5. The maximum absolute atomic E-state index is 12.9. The van der Waals surface area contributed by atoms with Crippen LogP contribution < -0.4 is 0 Å². The Morgan fingerprint density at radius 2 is 1.06 bits per heavy atom. The molecule has 11 rings (SSSR count). The molecule has 6 aliphatic carbocycles. The monoisotopic (exact) mass is 1160 g/mol. The Hall–Kier alpha value is -1.22. The molecule has 24 heteroatoms. The average molecular weight is 1160 g/mol. The zero-order chi connectivity index (χ0) is 57.6. The molecule has 0 bridgehead atoms. The zero-order valence-corrected chi connectivity index (χ0v) is 46.2. The summed E-state index contributed by atoms with van der Waals surface area (Å²) in [5.74, 6) is -6.54. The van der Waals surface area contributed by atoms with Gasteiger partial charge >= 0.3 is 0 Å². The zero-order valence-electron chi connectivity index (χ0n) is 46.2. The van der Waals surface area contributed by atoms with E-state index in [1.54, 1.807) is 6.08 Å². The molecule has 0 amide bonds. The number of methoxy groups -OCH3 is 2. The first kappa shape index (κ1) is 61.4. The molecule has 0 aromatic carbocycles. The fourth-order valence-electron chi connectivity index (χ4n) is 18.0. The van der Waals surface area contributed by atoms with Crippen LogP contribution in [0.15, 0.2) is 12.2 Å². The molecule has 0 spiro atoms. The number of rotatable bonds is 11. The van der Waals surface area contributed by atoms with E-state index in [1.807, 2.05) is 6.08 Å². The third-order valence-electron chi connectivity index (χ3n) is 22.0. The van der Waals surface area contributed by atoms with Gasteiger partial charge in [-0.2, -0.15) is 0 Å². The lowest BCUT2D eigenvalue weighted by molar-refractivity contribution is -0.379. The van der Waals surface area contributed by atoms with Gasteiger partial charge in [-0.3, -0.25) is 0 Å². The molecule has 6 saturated carbocycles. The Balaban J connectivity index is 0.930. The fraction of sp³-hybridized carbons (Fsp3) is 0.965. The van der Waals surface area contributed by atoms with Gasteiger partial charge in [0.1, 0.15) is 36.6 Å². The summed E-state index contributed by atoms with van der Waals surface area (Å²) in [5, 5.41) is 182. The first-order valence-electron chi connectivity index (χ1n) is 30.2. The second kappa shape index (κ2) is 25.1. The van der Waals surface area contributed by atoms with Crippen LogP contribution >= 0.6 is 0 Å². The smallest absolute Gasteiger partial charge is 0.187 e. The number of aliphatic hydroxyl groups is 18. The topological polar surface area (TPSA) is 401 Å². The van der Waals surface area contributed by atoms with Crippen LogP contribution in [0.5, 0.6) is 0 Å². The van der Waals surface area contributed by atoms with Crippen molar-refractivity contribution < 1.29 is 120 Å². The SMILES string of the molecule is COC1CC(C2[OH+]C3CC(O)CC4OC(C=CC5C(O)CC(O)C6C5OC(C5CCC(O)C(O)C5)C(O)C6C5C(O)CC(O)C6CC(O)C(C7CCC(O)C(O)C7)OC65)CC(C2OC2OC(CO)C(O)C(O)C2O)C43)CC(OC)C1O. The fourth-order valence-corrected chi connectivity index (χ4v) is 18.0. The summed E-state index contributed by atoms with van der Waals surface area (Å²) in [6.45, 7) is -0.687. The Labute approximate surface area is 471 Å². The van der Waals surface area contributed by atoms with E-state index >= 15 is 0 Å². The van der Waals surface area contributed by atoms with Crippen molar-refractivity contribution in [1.82, 2.24) is 0 Å². The van der Waals surface area contributed by atoms with Gasteiger partial charge < -0.3 is 120 Å².